The van der Waals surface area contributed by atoms with Gasteiger partial charge in [-0.15, -0.1) is 0 Å². The molecule has 0 aliphatic heterocycles. The molecule has 0 fully saturated rings. The first-order chi connectivity index (χ1) is 6.59. The van der Waals surface area contributed by atoms with Gasteiger partial charge in [0, 0.05) is 6.07 Å². The number of hydrogen-bond acceptors (Lipinski definition) is 2. The third kappa shape index (κ3) is 1.33. The van der Waals surface area contributed by atoms with Crippen LogP contribution >= 0.6 is 11.6 Å². The zero-order chi connectivity index (χ0) is 10.3. The molecular weight excluding hydrogens is 212 g/mol. The van der Waals surface area contributed by atoms with Gasteiger partial charge in [0.2, 0.25) is 0 Å². The van der Waals surface area contributed by atoms with E-state index < -0.39 is 6.43 Å². The maximum absolute atomic E-state index is 12.5. The molecule has 74 valence electrons. The molecule has 0 aliphatic rings. The lowest BCUT2D eigenvalue weighted by Gasteiger charge is -1.99. The lowest BCUT2D eigenvalue weighted by molar-refractivity contribution is 0.147. The molecular formula is C8H6ClF2N3. The largest absolute Gasteiger partial charge is 0.280 e. The molecule has 2 aromatic heterocycles. The van der Waals surface area contributed by atoms with Crippen molar-refractivity contribution >= 4 is 22.5 Å². The number of rotatable bonds is 1. The molecule has 2 rings (SSSR count). The van der Waals surface area contributed by atoms with Gasteiger partial charge in [-0.2, -0.15) is 5.10 Å². The van der Waals surface area contributed by atoms with Crippen LogP contribution in [0.2, 0.25) is 5.15 Å². The van der Waals surface area contributed by atoms with Crippen LogP contribution in [0.4, 0.5) is 8.78 Å². The van der Waals surface area contributed by atoms with Crippen molar-refractivity contribution in [3.8, 4) is 0 Å². The van der Waals surface area contributed by atoms with E-state index in [1.807, 2.05) is 0 Å². The van der Waals surface area contributed by atoms with Crippen molar-refractivity contribution in [2.75, 3.05) is 0 Å². The molecule has 0 radical (unpaired) electrons. The summed E-state index contributed by atoms with van der Waals surface area (Å²) >= 11 is 5.66. The Balaban J connectivity index is 2.79. The molecule has 3 nitrogen and oxygen atoms in total. The number of nitrogens with zero attached hydrogens (tertiary/aromatic N) is 2. The number of H-pyrrole nitrogens is 1. The van der Waals surface area contributed by atoms with Gasteiger partial charge >= 0.3 is 0 Å². The van der Waals surface area contributed by atoms with E-state index in [9.17, 15) is 8.78 Å². The molecule has 0 amide bonds. The summed E-state index contributed by atoms with van der Waals surface area (Å²) in [6, 6.07) is 1.45. The minimum atomic E-state index is -2.58. The summed E-state index contributed by atoms with van der Waals surface area (Å²) in [4.78, 5) is 3.89. The molecule has 6 heteroatoms. The van der Waals surface area contributed by atoms with E-state index >= 15 is 0 Å². The third-order valence-electron chi connectivity index (χ3n) is 1.93. The SMILES string of the molecule is Cc1nc(Cl)cc2n[nH]c(C(F)F)c12. The minimum absolute atomic E-state index is 0.207. The van der Waals surface area contributed by atoms with Crippen LogP contribution in [0.25, 0.3) is 10.9 Å². The number of aryl methyl sites for hydroxylation is 1. The molecule has 0 aromatic carbocycles. The highest BCUT2D eigenvalue weighted by atomic mass is 35.5. The van der Waals surface area contributed by atoms with Gasteiger partial charge in [-0.25, -0.2) is 13.8 Å². The van der Waals surface area contributed by atoms with E-state index in [-0.39, 0.29) is 10.8 Å². The Labute approximate surface area is 83.1 Å². The average Bonchev–Trinajstić information content (AvgIpc) is 2.47. The topological polar surface area (TPSA) is 41.6 Å². The first kappa shape index (κ1) is 9.33. The predicted molar refractivity (Wildman–Crippen MR) is 48.6 cm³/mol. The van der Waals surface area contributed by atoms with Crippen LogP contribution < -0.4 is 0 Å². The Bertz CT molecular complexity index is 481. The summed E-state index contributed by atoms with van der Waals surface area (Å²) in [5.41, 5.74) is 0.663. The molecule has 0 saturated carbocycles. The summed E-state index contributed by atoms with van der Waals surface area (Å²) in [6.45, 7) is 1.62. The average molecular weight is 218 g/mol. The lowest BCUT2D eigenvalue weighted by atomic mass is 10.2. The monoisotopic (exact) mass is 217 g/mol. The zero-order valence-corrected chi connectivity index (χ0v) is 7.94. The summed E-state index contributed by atoms with van der Waals surface area (Å²) in [6.07, 6.45) is -2.58. The lowest BCUT2D eigenvalue weighted by Crippen LogP contribution is -1.89. The van der Waals surface area contributed by atoms with Gasteiger partial charge in [0.15, 0.2) is 0 Å². The van der Waals surface area contributed by atoms with Crippen molar-refractivity contribution in [1.82, 2.24) is 15.2 Å². The zero-order valence-electron chi connectivity index (χ0n) is 7.18. The summed E-state index contributed by atoms with van der Waals surface area (Å²) in [5.74, 6) is 0. The molecule has 1 N–H and O–H groups in total. The number of aromatic nitrogens is 3. The van der Waals surface area contributed by atoms with E-state index in [2.05, 4.69) is 15.2 Å². The Morgan fingerprint density at radius 3 is 2.86 bits per heavy atom. The number of pyridine rings is 1. The Morgan fingerprint density at radius 1 is 1.50 bits per heavy atom. The Hall–Kier alpha value is -1.23. The van der Waals surface area contributed by atoms with Crippen molar-refractivity contribution in [2.45, 2.75) is 13.3 Å². The van der Waals surface area contributed by atoms with Gasteiger partial charge < -0.3 is 0 Å². The summed E-state index contributed by atoms with van der Waals surface area (Å²) in [5, 5.41) is 6.62. The van der Waals surface area contributed by atoms with Crippen molar-refractivity contribution in [3.05, 3.63) is 22.6 Å². The van der Waals surface area contributed by atoms with Crippen LogP contribution in [-0.2, 0) is 0 Å². The minimum Gasteiger partial charge on any atom is -0.275 e. The highest BCUT2D eigenvalue weighted by Crippen LogP contribution is 2.28. The maximum atomic E-state index is 12.5. The first-order valence-electron chi connectivity index (χ1n) is 3.89. The van der Waals surface area contributed by atoms with Gasteiger partial charge in [-0.1, -0.05) is 11.6 Å². The van der Waals surface area contributed by atoms with E-state index in [4.69, 9.17) is 11.6 Å². The molecule has 2 heterocycles. The van der Waals surface area contributed by atoms with E-state index in [0.717, 1.165) is 0 Å². The highest BCUT2D eigenvalue weighted by Gasteiger charge is 2.17. The number of alkyl halides is 2. The Kier molecular flexibility index (Phi) is 2.11. The van der Waals surface area contributed by atoms with Gasteiger partial charge in [-0.05, 0) is 6.92 Å². The molecule has 0 unspecified atom stereocenters. The second-order valence-electron chi connectivity index (χ2n) is 2.86. The fourth-order valence-corrected chi connectivity index (χ4v) is 1.60. The van der Waals surface area contributed by atoms with Crippen molar-refractivity contribution in [3.63, 3.8) is 0 Å². The maximum Gasteiger partial charge on any atom is 0.280 e. The fraction of sp³-hybridized carbons (Fsp3) is 0.250. The number of nitrogens with one attached hydrogen (secondary N) is 1. The second kappa shape index (κ2) is 3.16. The molecule has 2 aromatic rings. The van der Waals surface area contributed by atoms with Crippen LogP contribution in [0.15, 0.2) is 6.07 Å². The summed E-state index contributed by atoms with van der Waals surface area (Å²) < 4.78 is 25.0. The van der Waals surface area contributed by atoms with E-state index in [0.29, 0.717) is 16.6 Å². The quantitative estimate of drug-likeness (QED) is 0.747. The molecule has 0 spiro atoms. The second-order valence-corrected chi connectivity index (χ2v) is 3.25. The predicted octanol–water partition coefficient (Wildman–Crippen LogP) is 2.86. The third-order valence-corrected chi connectivity index (χ3v) is 2.13. The van der Waals surface area contributed by atoms with Crippen LogP contribution in [0.3, 0.4) is 0 Å². The highest BCUT2D eigenvalue weighted by molar-refractivity contribution is 6.30. The molecule has 14 heavy (non-hydrogen) atoms. The van der Waals surface area contributed by atoms with Gasteiger partial charge in [0.05, 0.1) is 16.6 Å². The number of aromatic amines is 1. The molecule has 0 atom stereocenters. The normalized spacial score (nSPS) is 11.5. The Morgan fingerprint density at radius 2 is 2.21 bits per heavy atom. The van der Waals surface area contributed by atoms with Crippen molar-refractivity contribution in [2.24, 2.45) is 0 Å². The molecule has 0 bridgehead atoms. The van der Waals surface area contributed by atoms with E-state index in [1.54, 1.807) is 6.92 Å². The van der Waals surface area contributed by atoms with Crippen LogP contribution in [0, 0.1) is 6.92 Å². The smallest absolute Gasteiger partial charge is 0.275 e. The van der Waals surface area contributed by atoms with Crippen LogP contribution in [-0.4, -0.2) is 15.2 Å². The van der Waals surface area contributed by atoms with Gasteiger partial charge in [-0.3, -0.25) is 5.10 Å². The first-order valence-corrected chi connectivity index (χ1v) is 4.26. The standard InChI is InChI=1S/C8H6ClF2N3/c1-3-6-4(2-5(9)12-3)13-14-7(6)8(10)11/h2,8H,1H3,(H,13,14). The number of fused-ring (bicyclic) bond motifs is 1. The van der Waals surface area contributed by atoms with Crippen LogP contribution in [0.1, 0.15) is 17.8 Å². The van der Waals surface area contributed by atoms with Gasteiger partial charge in [0.25, 0.3) is 6.43 Å². The molecule has 0 aliphatic carbocycles. The summed E-state index contributed by atoms with van der Waals surface area (Å²) in [7, 11) is 0. The molecule has 0 saturated heterocycles. The van der Waals surface area contributed by atoms with Crippen molar-refractivity contribution in [1.29, 1.82) is 0 Å². The van der Waals surface area contributed by atoms with Crippen molar-refractivity contribution < 1.29 is 8.78 Å². The number of halogens is 3. The number of hydrogen-bond donors (Lipinski definition) is 1. The van der Waals surface area contributed by atoms with Gasteiger partial charge in [0.1, 0.15) is 10.8 Å². The fourth-order valence-electron chi connectivity index (χ4n) is 1.37. The van der Waals surface area contributed by atoms with E-state index in [1.165, 1.54) is 6.07 Å². The van der Waals surface area contributed by atoms with Crippen LogP contribution in [0.5, 0.6) is 0 Å².